The fourth-order valence-electron chi connectivity index (χ4n) is 6.07. The third kappa shape index (κ3) is 3.11. The van der Waals surface area contributed by atoms with Crippen molar-refractivity contribution in [3.8, 4) is 22.4 Å². The molecule has 0 atom stereocenters. The number of furan rings is 1. The number of para-hydroxylation sites is 1. The zero-order valence-corrected chi connectivity index (χ0v) is 22.1. The summed E-state index contributed by atoms with van der Waals surface area (Å²) in [6.45, 7) is 0. The molecule has 3 nitrogen and oxygen atoms in total. The highest BCUT2D eigenvalue weighted by molar-refractivity contribution is 7.25. The summed E-state index contributed by atoms with van der Waals surface area (Å²) < 4.78 is 9.10. The molecule has 0 radical (unpaired) electrons. The first-order valence-corrected chi connectivity index (χ1v) is 14.1. The molecule has 9 aromatic rings. The fraction of sp³-hybridized carbons (Fsp3) is 0. The maximum atomic E-state index is 6.45. The van der Waals surface area contributed by atoms with Crippen LogP contribution in [0.3, 0.4) is 0 Å². The number of fused-ring (bicyclic) bond motifs is 10. The molecule has 0 N–H and O–H groups in total. The number of thiophene rings is 1. The predicted octanol–water partition coefficient (Wildman–Crippen LogP) is 10.4. The van der Waals surface area contributed by atoms with Crippen LogP contribution in [-0.4, -0.2) is 9.97 Å². The van der Waals surface area contributed by atoms with Crippen molar-refractivity contribution in [1.29, 1.82) is 0 Å². The Labute approximate surface area is 233 Å². The Morgan fingerprint density at radius 2 is 1.30 bits per heavy atom. The van der Waals surface area contributed by atoms with Gasteiger partial charge < -0.3 is 4.42 Å². The highest BCUT2D eigenvalue weighted by Crippen LogP contribution is 2.41. The van der Waals surface area contributed by atoms with Gasteiger partial charge in [0.2, 0.25) is 0 Å². The highest BCUT2D eigenvalue weighted by atomic mass is 32.1. The summed E-state index contributed by atoms with van der Waals surface area (Å²) in [5, 5.41) is 8.07. The van der Waals surface area contributed by atoms with Crippen LogP contribution < -0.4 is 0 Å². The quantitative estimate of drug-likeness (QED) is 0.210. The standard InChI is InChI=1S/C36H20N2OS/c1-3-7-31-24(5-1)26-14-15-28-34(36(26)39-31)27-17-18-37-20-30(27)38-35(28)22-11-9-21(10-12-22)23-13-16-33-29(19-23)25-6-2-4-8-32(25)40-33/h1-20H. The van der Waals surface area contributed by atoms with Gasteiger partial charge in [-0.05, 0) is 47.5 Å². The summed E-state index contributed by atoms with van der Waals surface area (Å²) in [6.07, 6.45) is 3.67. The molecule has 0 amide bonds. The van der Waals surface area contributed by atoms with Gasteiger partial charge in [0.15, 0.2) is 0 Å². The lowest BCUT2D eigenvalue weighted by Gasteiger charge is -2.11. The van der Waals surface area contributed by atoms with E-state index < -0.39 is 0 Å². The lowest BCUT2D eigenvalue weighted by atomic mass is 9.96. The van der Waals surface area contributed by atoms with Crippen LogP contribution in [0.2, 0.25) is 0 Å². The zero-order valence-electron chi connectivity index (χ0n) is 21.3. The second-order valence-corrected chi connectivity index (χ2v) is 11.3. The third-order valence-corrected chi connectivity index (χ3v) is 9.12. The average molecular weight is 529 g/mol. The number of benzene rings is 5. The maximum absolute atomic E-state index is 6.45. The molecule has 4 heterocycles. The van der Waals surface area contributed by atoms with Crippen LogP contribution in [0.15, 0.2) is 126 Å². The van der Waals surface area contributed by atoms with E-state index in [0.29, 0.717) is 0 Å². The predicted molar refractivity (Wildman–Crippen MR) is 168 cm³/mol. The van der Waals surface area contributed by atoms with Crippen molar-refractivity contribution in [2.75, 3.05) is 0 Å². The second kappa shape index (κ2) is 8.22. The van der Waals surface area contributed by atoms with E-state index in [1.807, 2.05) is 41.9 Å². The van der Waals surface area contributed by atoms with Gasteiger partial charge in [0.1, 0.15) is 11.2 Å². The Morgan fingerprint density at radius 3 is 2.23 bits per heavy atom. The van der Waals surface area contributed by atoms with E-state index in [4.69, 9.17) is 9.40 Å². The van der Waals surface area contributed by atoms with Gasteiger partial charge in [0.05, 0.1) is 17.4 Å². The molecule has 9 rings (SSSR count). The lowest BCUT2D eigenvalue weighted by Crippen LogP contribution is -1.91. The first-order valence-electron chi connectivity index (χ1n) is 13.3. The van der Waals surface area contributed by atoms with E-state index in [-0.39, 0.29) is 0 Å². The van der Waals surface area contributed by atoms with Crippen molar-refractivity contribution in [2.45, 2.75) is 0 Å². The third-order valence-electron chi connectivity index (χ3n) is 7.97. The van der Waals surface area contributed by atoms with Crippen molar-refractivity contribution in [3.05, 3.63) is 122 Å². The number of hydrogen-bond donors (Lipinski definition) is 0. The lowest BCUT2D eigenvalue weighted by molar-refractivity contribution is 0.673. The summed E-state index contributed by atoms with van der Waals surface area (Å²) >= 11 is 1.85. The molecule has 4 aromatic heterocycles. The molecular formula is C36H20N2OS. The molecule has 186 valence electrons. The first kappa shape index (κ1) is 21.8. The molecule has 0 aliphatic carbocycles. The van der Waals surface area contributed by atoms with E-state index in [1.54, 1.807) is 0 Å². The Hall–Kier alpha value is -5.06. The van der Waals surface area contributed by atoms with Crippen LogP contribution in [0.4, 0.5) is 0 Å². The van der Waals surface area contributed by atoms with Crippen molar-refractivity contribution >= 4 is 75.1 Å². The average Bonchev–Trinajstić information content (AvgIpc) is 3.59. The molecule has 0 bridgehead atoms. The minimum Gasteiger partial charge on any atom is -0.455 e. The van der Waals surface area contributed by atoms with Gasteiger partial charge in [-0.1, -0.05) is 72.8 Å². The number of nitrogens with zero attached hydrogens (tertiary/aromatic N) is 2. The number of pyridine rings is 2. The molecule has 4 heteroatoms. The van der Waals surface area contributed by atoms with E-state index >= 15 is 0 Å². The summed E-state index contributed by atoms with van der Waals surface area (Å²) in [6, 6.07) is 38.8. The Balaban J connectivity index is 1.24. The first-order chi connectivity index (χ1) is 19.8. The molecule has 5 aromatic carbocycles. The second-order valence-electron chi connectivity index (χ2n) is 10.2. The smallest absolute Gasteiger partial charge is 0.144 e. The Morgan fingerprint density at radius 1 is 0.550 bits per heavy atom. The van der Waals surface area contributed by atoms with Crippen molar-refractivity contribution in [3.63, 3.8) is 0 Å². The molecule has 0 unspecified atom stereocenters. The monoisotopic (exact) mass is 528 g/mol. The van der Waals surface area contributed by atoms with E-state index in [2.05, 4.69) is 96.0 Å². The van der Waals surface area contributed by atoms with Gasteiger partial charge in [0, 0.05) is 58.9 Å². The van der Waals surface area contributed by atoms with Crippen molar-refractivity contribution in [2.24, 2.45) is 0 Å². The SMILES string of the molecule is c1ccc2c(c1)oc1c2ccc2c(-c3ccc(-c4ccc5sc6ccccc6c5c4)cc3)nc3cnccc3c21. The minimum absolute atomic E-state index is 0.858. The molecule has 0 saturated carbocycles. The number of rotatable bonds is 2. The molecule has 0 saturated heterocycles. The Kier molecular flexibility index (Phi) is 4.48. The van der Waals surface area contributed by atoms with Gasteiger partial charge in [-0.25, -0.2) is 4.98 Å². The summed E-state index contributed by atoms with van der Waals surface area (Å²) in [4.78, 5) is 9.48. The van der Waals surface area contributed by atoms with Crippen LogP contribution >= 0.6 is 11.3 Å². The van der Waals surface area contributed by atoms with E-state index in [1.165, 1.54) is 31.3 Å². The molecule has 0 fully saturated rings. The number of aromatic nitrogens is 2. The van der Waals surface area contributed by atoms with Crippen molar-refractivity contribution < 1.29 is 4.42 Å². The van der Waals surface area contributed by atoms with Crippen LogP contribution in [0, 0.1) is 0 Å². The van der Waals surface area contributed by atoms with Gasteiger partial charge in [-0.15, -0.1) is 11.3 Å². The van der Waals surface area contributed by atoms with Crippen LogP contribution in [0.5, 0.6) is 0 Å². The van der Waals surface area contributed by atoms with E-state index in [0.717, 1.165) is 54.9 Å². The molecule has 0 spiro atoms. The van der Waals surface area contributed by atoms with Gasteiger partial charge in [-0.2, -0.15) is 0 Å². The van der Waals surface area contributed by atoms with Crippen molar-refractivity contribution in [1.82, 2.24) is 9.97 Å². The maximum Gasteiger partial charge on any atom is 0.144 e. The van der Waals surface area contributed by atoms with Crippen LogP contribution in [-0.2, 0) is 0 Å². The van der Waals surface area contributed by atoms with Gasteiger partial charge in [0.25, 0.3) is 0 Å². The Bertz CT molecular complexity index is 2430. The number of hydrogen-bond acceptors (Lipinski definition) is 4. The fourth-order valence-corrected chi connectivity index (χ4v) is 7.15. The summed E-state index contributed by atoms with van der Waals surface area (Å²) in [5.41, 5.74) is 7.05. The minimum atomic E-state index is 0.858. The zero-order chi connectivity index (χ0) is 26.2. The normalized spacial score (nSPS) is 12.0. The summed E-state index contributed by atoms with van der Waals surface area (Å²) in [7, 11) is 0. The van der Waals surface area contributed by atoms with E-state index in [9.17, 15) is 0 Å². The largest absolute Gasteiger partial charge is 0.455 e. The molecular weight excluding hydrogens is 508 g/mol. The topological polar surface area (TPSA) is 38.9 Å². The summed E-state index contributed by atoms with van der Waals surface area (Å²) in [5.74, 6) is 0. The highest BCUT2D eigenvalue weighted by Gasteiger charge is 2.17. The molecule has 40 heavy (non-hydrogen) atoms. The molecule has 0 aliphatic rings. The molecule has 0 aliphatic heterocycles. The van der Waals surface area contributed by atoms with Gasteiger partial charge in [-0.3, -0.25) is 4.98 Å². The van der Waals surface area contributed by atoms with Crippen LogP contribution in [0.25, 0.3) is 86.2 Å². The van der Waals surface area contributed by atoms with Gasteiger partial charge >= 0.3 is 0 Å². The van der Waals surface area contributed by atoms with Crippen LogP contribution in [0.1, 0.15) is 0 Å².